The van der Waals surface area contributed by atoms with Crippen molar-refractivity contribution in [3.8, 4) is 6.07 Å². The van der Waals surface area contributed by atoms with Crippen molar-refractivity contribution >= 4 is 61.5 Å². The number of halogens is 1. The zero-order valence-electron chi connectivity index (χ0n) is 13.1. The minimum atomic E-state index is -0.188. The Hall–Kier alpha value is -2.60. The van der Waals surface area contributed by atoms with E-state index in [0.717, 1.165) is 15.2 Å². The first kappa shape index (κ1) is 16.8. The molecule has 0 aliphatic heterocycles. The number of nitrogens with zero attached hydrogens (tertiary/aromatic N) is 4. The maximum Gasteiger partial charge on any atom is 0.234 e. The van der Waals surface area contributed by atoms with Crippen molar-refractivity contribution in [2.75, 3.05) is 11.1 Å². The molecule has 1 amide bonds. The van der Waals surface area contributed by atoms with Crippen LogP contribution in [0.5, 0.6) is 0 Å². The van der Waals surface area contributed by atoms with E-state index in [0.29, 0.717) is 21.4 Å². The molecule has 0 aliphatic carbocycles. The number of anilines is 1. The highest BCUT2D eigenvalue weighted by Gasteiger charge is 2.14. The molecule has 128 valence electrons. The summed E-state index contributed by atoms with van der Waals surface area (Å²) in [5.41, 5.74) is 1.94. The summed E-state index contributed by atoms with van der Waals surface area (Å²) in [5, 5.41) is 21.0. The number of thioether (sulfide) groups is 1. The largest absolute Gasteiger partial charge is 0.325 e. The minimum Gasteiger partial charge on any atom is -0.325 e. The lowest BCUT2D eigenvalue weighted by Gasteiger charge is -2.05. The number of rotatable bonds is 4. The molecule has 2 aromatic carbocycles. The summed E-state index contributed by atoms with van der Waals surface area (Å²) in [6.45, 7) is 0. The molecule has 4 aromatic rings. The van der Waals surface area contributed by atoms with Crippen LogP contribution in [0.2, 0.25) is 5.02 Å². The predicted molar refractivity (Wildman–Crippen MR) is 104 cm³/mol. The quantitative estimate of drug-likeness (QED) is 0.520. The Morgan fingerprint density at radius 1 is 1.31 bits per heavy atom. The SMILES string of the molecule is N#Cc1ccc(NC(=O)CSc2nnc3sc4ccccc4n23)cc1Cl. The molecule has 26 heavy (non-hydrogen) atoms. The van der Waals surface area contributed by atoms with E-state index in [9.17, 15) is 4.79 Å². The van der Waals surface area contributed by atoms with Crippen molar-refractivity contribution in [2.45, 2.75) is 5.16 Å². The van der Waals surface area contributed by atoms with Gasteiger partial charge < -0.3 is 5.32 Å². The number of benzene rings is 2. The second-order valence-electron chi connectivity index (χ2n) is 5.31. The van der Waals surface area contributed by atoms with E-state index in [1.807, 2.05) is 34.7 Å². The van der Waals surface area contributed by atoms with E-state index >= 15 is 0 Å². The number of carbonyl (C=O) groups is 1. The van der Waals surface area contributed by atoms with E-state index in [-0.39, 0.29) is 11.7 Å². The summed E-state index contributed by atoms with van der Waals surface area (Å²) in [6, 6.07) is 14.7. The molecule has 6 nitrogen and oxygen atoms in total. The summed E-state index contributed by atoms with van der Waals surface area (Å²) < 4.78 is 3.08. The summed E-state index contributed by atoms with van der Waals surface area (Å²) >= 11 is 8.85. The van der Waals surface area contributed by atoms with Gasteiger partial charge in [0.05, 0.1) is 26.6 Å². The number of amides is 1. The second-order valence-corrected chi connectivity index (χ2v) is 7.67. The molecule has 1 N–H and O–H groups in total. The van der Waals surface area contributed by atoms with Crippen LogP contribution < -0.4 is 5.32 Å². The van der Waals surface area contributed by atoms with Gasteiger partial charge in [0.15, 0.2) is 5.16 Å². The molecule has 4 rings (SSSR count). The topological polar surface area (TPSA) is 83.1 Å². The molecule has 2 heterocycles. The van der Waals surface area contributed by atoms with Gasteiger partial charge in [-0.25, -0.2) is 0 Å². The van der Waals surface area contributed by atoms with Gasteiger partial charge in [0, 0.05) is 5.69 Å². The van der Waals surface area contributed by atoms with Crippen LogP contribution in [0.25, 0.3) is 15.2 Å². The Labute approximate surface area is 161 Å². The zero-order valence-corrected chi connectivity index (χ0v) is 15.5. The predicted octanol–water partition coefficient (Wildman–Crippen LogP) is 4.20. The lowest BCUT2D eigenvalue weighted by molar-refractivity contribution is -0.113. The Morgan fingerprint density at radius 3 is 2.96 bits per heavy atom. The Bertz CT molecular complexity index is 1180. The van der Waals surface area contributed by atoms with Gasteiger partial charge in [-0.3, -0.25) is 9.20 Å². The van der Waals surface area contributed by atoms with E-state index in [1.54, 1.807) is 29.5 Å². The smallest absolute Gasteiger partial charge is 0.234 e. The molecule has 0 saturated heterocycles. The molecule has 9 heteroatoms. The summed E-state index contributed by atoms with van der Waals surface area (Å²) in [7, 11) is 0. The highest BCUT2D eigenvalue weighted by atomic mass is 35.5. The number of hydrogen-bond acceptors (Lipinski definition) is 6. The average molecular weight is 400 g/mol. The van der Waals surface area contributed by atoms with Crippen LogP contribution in [0.15, 0.2) is 47.6 Å². The van der Waals surface area contributed by atoms with Gasteiger partial charge in [0.1, 0.15) is 6.07 Å². The second kappa shape index (κ2) is 6.96. The van der Waals surface area contributed by atoms with Gasteiger partial charge in [0.2, 0.25) is 10.9 Å². The summed E-state index contributed by atoms with van der Waals surface area (Å²) in [4.78, 5) is 13.0. The maximum absolute atomic E-state index is 12.2. The summed E-state index contributed by atoms with van der Waals surface area (Å²) in [5.74, 6) is -0.00479. The van der Waals surface area contributed by atoms with Crippen molar-refractivity contribution < 1.29 is 4.79 Å². The van der Waals surface area contributed by atoms with E-state index in [4.69, 9.17) is 16.9 Å². The number of nitrogens with one attached hydrogen (secondary N) is 1. The first-order valence-corrected chi connectivity index (χ1v) is 9.68. The fourth-order valence-electron chi connectivity index (χ4n) is 2.46. The van der Waals surface area contributed by atoms with Crippen molar-refractivity contribution in [2.24, 2.45) is 0 Å². The first-order chi connectivity index (χ1) is 12.7. The Balaban J connectivity index is 1.49. The standard InChI is InChI=1S/C17H10ClN5OS2/c18-12-7-11(6-5-10(12)8-19)20-15(24)9-25-16-21-22-17-23(16)13-3-1-2-4-14(13)26-17/h1-7H,9H2,(H,20,24). The van der Waals surface area contributed by atoms with Crippen molar-refractivity contribution in [3.05, 3.63) is 53.1 Å². The molecular weight excluding hydrogens is 390 g/mol. The van der Waals surface area contributed by atoms with E-state index < -0.39 is 0 Å². The number of fused-ring (bicyclic) bond motifs is 3. The molecule has 0 unspecified atom stereocenters. The van der Waals surface area contributed by atoms with Gasteiger partial charge >= 0.3 is 0 Å². The van der Waals surface area contributed by atoms with Crippen LogP contribution in [0.3, 0.4) is 0 Å². The lowest BCUT2D eigenvalue weighted by atomic mass is 10.2. The monoisotopic (exact) mass is 399 g/mol. The van der Waals surface area contributed by atoms with Crippen LogP contribution in [0.1, 0.15) is 5.56 Å². The van der Waals surface area contributed by atoms with Crippen molar-refractivity contribution in [1.29, 1.82) is 5.26 Å². The van der Waals surface area contributed by atoms with Crippen molar-refractivity contribution in [1.82, 2.24) is 14.6 Å². The molecule has 0 bridgehead atoms. The molecular formula is C17H10ClN5OS2. The van der Waals surface area contributed by atoms with Gasteiger partial charge in [-0.1, -0.05) is 46.8 Å². The zero-order chi connectivity index (χ0) is 18.1. The van der Waals surface area contributed by atoms with Crippen molar-refractivity contribution in [3.63, 3.8) is 0 Å². The number of aromatic nitrogens is 3. The van der Waals surface area contributed by atoms with E-state index in [1.165, 1.54) is 11.8 Å². The van der Waals surface area contributed by atoms with Gasteiger partial charge in [-0.05, 0) is 30.3 Å². The van der Waals surface area contributed by atoms with E-state index in [2.05, 4.69) is 15.5 Å². The first-order valence-electron chi connectivity index (χ1n) is 7.50. The summed E-state index contributed by atoms with van der Waals surface area (Å²) in [6.07, 6.45) is 0. The molecule has 0 saturated carbocycles. The number of hydrogen-bond donors (Lipinski definition) is 1. The van der Waals surface area contributed by atoms with Crippen LogP contribution in [-0.4, -0.2) is 26.3 Å². The number of carbonyl (C=O) groups excluding carboxylic acids is 1. The number of para-hydroxylation sites is 1. The highest BCUT2D eigenvalue weighted by molar-refractivity contribution is 7.99. The normalized spacial score (nSPS) is 10.9. The average Bonchev–Trinajstić information content (AvgIpc) is 3.19. The van der Waals surface area contributed by atoms with Gasteiger partial charge in [-0.15, -0.1) is 10.2 Å². The molecule has 0 aliphatic rings. The molecule has 0 atom stereocenters. The van der Waals surface area contributed by atoms with Crippen LogP contribution in [0, 0.1) is 11.3 Å². The fourth-order valence-corrected chi connectivity index (χ4v) is 4.45. The highest BCUT2D eigenvalue weighted by Crippen LogP contribution is 2.29. The molecule has 0 spiro atoms. The Kier molecular flexibility index (Phi) is 4.51. The molecule has 0 radical (unpaired) electrons. The van der Waals surface area contributed by atoms with Crippen LogP contribution in [0.4, 0.5) is 5.69 Å². The van der Waals surface area contributed by atoms with Gasteiger partial charge in [-0.2, -0.15) is 5.26 Å². The number of nitriles is 1. The molecule has 0 fully saturated rings. The minimum absolute atomic E-state index is 0.183. The van der Waals surface area contributed by atoms with Crippen LogP contribution >= 0.6 is 34.7 Å². The fraction of sp³-hybridized carbons (Fsp3) is 0.0588. The lowest BCUT2D eigenvalue weighted by Crippen LogP contribution is -2.14. The maximum atomic E-state index is 12.2. The molecule has 2 aromatic heterocycles. The third kappa shape index (κ3) is 3.12. The number of thiazole rings is 1. The van der Waals surface area contributed by atoms with Gasteiger partial charge in [0.25, 0.3) is 0 Å². The third-order valence-electron chi connectivity index (χ3n) is 3.62. The van der Waals surface area contributed by atoms with Crippen LogP contribution in [-0.2, 0) is 4.79 Å². The Morgan fingerprint density at radius 2 is 2.15 bits per heavy atom. The third-order valence-corrected chi connectivity index (χ3v) is 5.87.